The Morgan fingerprint density at radius 1 is 1.03 bits per heavy atom. The second-order valence-electron chi connectivity index (χ2n) is 7.76. The van der Waals surface area contributed by atoms with Crippen LogP contribution >= 0.6 is 11.8 Å². The maximum atomic E-state index is 13.3. The lowest BCUT2D eigenvalue weighted by Crippen LogP contribution is -2.32. The topological polar surface area (TPSA) is 72.5 Å². The number of para-hydroxylation sites is 1. The molecule has 0 unspecified atom stereocenters. The number of hydrogen-bond acceptors (Lipinski definition) is 5. The van der Waals surface area contributed by atoms with E-state index in [9.17, 15) is 9.59 Å². The molecule has 2 heterocycles. The van der Waals surface area contributed by atoms with E-state index in [-0.39, 0.29) is 17.2 Å². The quantitative estimate of drug-likeness (QED) is 0.259. The monoisotopic (exact) mass is 469 g/mol. The molecule has 8 heteroatoms. The molecule has 7 nitrogen and oxygen atoms in total. The van der Waals surface area contributed by atoms with Crippen molar-refractivity contribution in [2.45, 2.75) is 18.6 Å². The second-order valence-corrected chi connectivity index (χ2v) is 8.71. The van der Waals surface area contributed by atoms with Gasteiger partial charge in [-0.15, -0.1) is 16.8 Å². The molecular weight excluding hydrogens is 446 g/mol. The van der Waals surface area contributed by atoms with Crippen molar-refractivity contribution < 1.29 is 4.79 Å². The minimum Gasteiger partial charge on any atom is -0.311 e. The Hall–Kier alpha value is -3.91. The number of rotatable bonds is 7. The number of anilines is 1. The fraction of sp³-hybridized carbons (Fsp3) is 0.154. The lowest BCUT2D eigenvalue weighted by molar-refractivity contribution is -0.116. The van der Waals surface area contributed by atoms with Gasteiger partial charge < -0.3 is 4.90 Å². The van der Waals surface area contributed by atoms with E-state index >= 15 is 0 Å². The van der Waals surface area contributed by atoms with E-state index in [0.717, 1.165) is 16.5 Å². The van der Waals surface area contributed by atoms with Gasteiger partial charge in [0.25, 0.3) is 5.56 Å². The minimum absolute atomic E-state index is 0.0238. The summed E-state index contributed by atoms with van der Waals surface area (Å²) in [4.78, 5) is 28.1. The first-order valence-electron chi connectivity index (χ1n) is 11.0. The van der Waals surface area contributed by atoms with Crippen molar-refractivity contribution in [3.05, 3.63) is 89.7 Å². The number of benzene rings is 3. The van der Waals surface area contributed by atoms with Gasteiger partial charge in [0.1, 0.15) is 0 Å². The number of fused-ring (bicyclic) bond motifs is 4. The third kappa shape index (κ3) is 3.66. The fourth-order valence-electron chi connectivity index (χ4n) is 4.25. The van der Waals surface area contributed by atoms with Gasteiger partial charge in [-0.1, -0.05) is 66.4 Å². The maximum Gasteiger partial charge on any atom is 0.263 e. The molecule has 0 fully saturated rings. The zero-order valence-electron chi connectivity index (χ0n) is 18.7. The van der Waals surface area contributed by atoms with E-state index < -0.39 is 0 Å². The number of nitrogens with zero attached hydrogens (tertiary/aromatic N) is 5. The van der Waals surface area contributed by atoms with Gasteiger partial charge in [0.2, 0.25) is 11.7 Å². The average molecular weight is 470 g/mol. The first-order chi connectivity index (χ1) is 16.6. The van der Waals surface area contributed by atoms with Gasteiger partial charge in [-0.25, -0.2) is 0 Å². The van der Waals surface area contributed by atoms with Crippen LogP contribution in [0.3, 0.4) is 0 Å². The molecule has 3 aromatic carbocycles. The smallest absolute Gasteiger partial charge is 0.263 e. The molecule has 2 aromatic heterocycles. The van der Waals surface area contributed by atoms with Crippen molar-refractivity contribution >= 4 is 50.8 Å². The molecule has 0 N–H and O–H groups in total. The molecule has 0 saturated carbocycles. The predicted octanol–water partition coefficient (Wildman–Crippen LogP) is 4.53. The van der Waals surface area contributed by atoms with Crippen LogP contribution < -0.4 is 10.5 Å². The van der Waals surface area contributed by atoms with Gasteiger partial charge >= 0.3 is 0 Å². The van der Waals surface area contributed by atoms with Gasteiger partial charge in [0.05, 0.1) is 22.3 Å². The molecule has 0 atom stereocenters. The number of carbonyl (C=O) groups excluding carboxylic acids is 1. The van der Waals surface area contributed by atoms with E-state index in [1.54, 1.807) is 21.6 Å². The van der Waals surface area contributed by atoms with Crippen LogP contribution in [0.5, 0.6) is 0 Å². The number of aromatic nitrogens is 4. The summed E-state index contributed by atoms with van der Waals surface area (Å²) >= 11 is 1.31. The zero-order chi connectivity index (χ0) is 23.7. The minimum atomic E-state index is -0.142. The van der Waals surface area contributed by atoms with Crippen LogP contribution in [0.1, 0.15) is 6.92 Å². The standard InChI is InChI=1S/C26H23N5O2S/c1-3-16-30-24(33)20-13-7-8-14-22(20)31-25(30)27-28-26(31)34-17-23(32)29(4-2)21-15-9-11-18-10-5-6-12-19(18)21/h3,5-15H,1,4,16-17H2,2H3. The van der Waals surface area contributed by atoms with Crippen molar-refractivity contribution in [1.82, 2.24) is 19.2 Å². The number of allylic oxidation sites excluding steroid dienone is 1. The molecule has 1 amide bonds. The van der Waals surface area contributed by atoms with E-state index in [1.807, 2.05) is 72.0 Å². The third-order valence-electron chi connectivity index (χ3n) is 5.79. The number of amides is 1. The fourth-order valence-corrected chi connectivity index (χ4v) is 5.07. The lowest BCUT2D eigenvalue weighted by Gasteiger charge is -2.22. The van der Waals surface area contributed by atoms with Crippen LogP contribution in [-0.2, 0) is 11.3 Å². The Morgan fingerprint density at radius 3 is 2.56 bits per heavy atom. The van der Waals surface area contributed by atoms with Gasteiger partial charge in [0.15, 0.2) is 5.16 Å². The number of hydrogen-bond donors (Lipinski definition) is 0. The Kier molecular flexibility index (Phi) is 5.90. The number of thioether (sulfide) groups is 1. The second kappa shape index (κ2) is 9.15. The third-order valence-corrected chi connectivity index (χ3v) is 6.70. The Morgan fingerprint density at radius 2 is 1.76 bits per heavy atom. The molecular formula is C26H23N5O2S. The van der Waals surface area contributed by atoms with Crippen molar-refractivity contribution in [3.8, 4) is 0 Å². The largest absolute Gasteiger partial charge is 0.311 e. The van der Waals surface area contributed by atoms with Gasteiger partial charge in [-0.3, -0.25) is 18.6 Å². The van der Waals surface area contributed by atoms with Crippen LogP contribution in [0.15, 0.2) is 89.3 Å². The molecule has 5 aromatic rings. The number of carbonyl (C=O) groups is 1. The molecule has 0 spiro atoms. The average Bonchev–Trinajstić information content (AvgIpc) is 3.30. The van der Waals surface area contributed by atoms with Crippen molar-refractivity contribution in [2.24, 2.45) is 0 Å². The van der Waals surface area contributed by atoms with Gasteiger partial charge in [-0.2, -0.15) is 0 Å². The predicted molar refractivity (Wildman–Crippen MR) is 138 cm³/mol. The Bertz CT molecular complexity index is 1600. The normalized spacial score (nSPS) is 11.3. The highest BCUT2D eigenvalue weighted by Gasteiger charge is 2.20. The van der Waals surface area contributed by atoms with Crippen LogP contribution in [-0.4, -0.2) is 37.4 Å². The zero-order valence-corrected chi connectivity index (χ0v) is 19.5. The van der Waals surface area contributed by atoms with Crippen LogP contribution in [0.4, 0.5) is 5.69 Å². The molecule has 0 bridgehead atoms. The highest BCUT2D eigenvalue weighted by molar-refractivity contribution is 7.99. The summed E-state index contributed by atoms with van der Waals surface area (Å²) in [5, 5.41) is 11.9. The van der Waals surface area contributed by atoms with Crippen molar-refractivity contribution in [3.63, 3.8) is 0 Å². The lowest BCUT2D eigenvalue weighted by atomic mass is 10.1. The molecule has 0 saturated heterocycles. The van der Waals surface area contributed by atoms with E-state index in [0.29, 0.717) is 34.9 Å². The van der Waals surface area contributed by atoms with E-state index in [1.165, 1.54) is 11.8 Å². The summed E-state index contributed by atoms with van der Waals surface area (Å²) < 4.78 is 3.38. The summed E-state index contributed by atoms with van der Waals surface area (Å²) in [5.74, 6) is 0.594. The summed E-state index contributed by atoms with van der Waals surface area (Å²) in [6.45, 7) is 6.60. The van der Waals surface area contributed by atoms with Crippen LogP contribution in [0.2, 0.25) is 0 Å². The molecule has 5 rings (SSSR count). The maximum absolute atomic E-state index is 13.3. The van der Waals surface area contributed by atoms with Crippen molar-refractivity contribution in [1.29, 1.82) is 0 Å². The SMILES string of the molecule is C=CCn1c(=O)c2ccccc2n2c(SCC(=O)N(CC)c3cccc4ccccc34)nnc12. The van der Waals surface area contributed by atoms with Gasteiger partial charge in [-0.05, 0) is 30.5 Å². The van der Waals surface area contributed by atoms with E-state index in [4.69, 9.17) is 0 Å². The van der Waals surface area contributed by atoms with E-state index in [2.05, 4.69) is 16.8 Å². The molecule has 0 aliphatic carbocycles. The van der Waals surface area contributed by atoms with Crippen molar-refractivity contribution in [2.75, 3.05) is 17.2 Å². The highest BCUT2D eigenvalue weighted by atomic mass is 32.2. The molecule has 0 radical (unpaired) electrons. The molecule has 34 heavy (non-hydrogen) atoms. The first kappa shape index (κ1) is 21.9. The molecule has 0 aliphatic rings. The molecule has 0 aliphatic heterocycles. The Labute approximate surface area is 200 Å². The highest BCUT2D eigenvalue weighted by Crippen LogP contribution is 2.28. The summed E-state index contributed by atoms with van der Waals surface area (Å²) in [6.07, 6.45) is 1.66. The summed E-state index contributed by atoms with van der Waals surface area (Å²) in [7, 11) is 0. The summed E-state index contributed by atoms with van der Waals surface area (Å²) in [6, 6.07) is 21.4. The molecule has 170 valence electrons. The van der Waals surface area contributed by atoms with Gasteiger partial charge in [0, 0.05) is 18.5 Å². The van der Waals surface area contributed by atoms with Crippen LogP contribution in [0, 0.1) is 0 Å². The Balaban J connectivity index is 1.51. The summed E-state index contributed by atoms with van der Waals surface area (Å²) in [5.41, 5.74) is 1.46. The first-order valence-corrected chi connectivity index (χ1v) is 12.0. The van der Waals surface area contributed by atoms with Crippen LogP contribution in [0.25, 0.3) is 27.5 Å².